The van der Waals surface area contributed by atoms with Crippen LogP contribution in [0.4, 0.5) is 4.39 Å². The van der Waals surface area contributed by atoms with Crippen LogP contribution in [0, 0.1) is 5.82 Å². The summed E-state index contributed by atoms with van der Waals surface area (Å²) in [6, 6.07) is 7.01. The van der Waals surface area contributed by atoms with Crippen LogP contribution in [-0.4, -0.2) is 43.8 Å². The van der Waals surface area contributed by atoms with Crippen molar-refractivity contribution in [2.45, 2.75) is 31.8 Å². The summed E-state index contributed by atoms with van der Waals surface area (Å²) in [5.41, 5.74) is 0.954. The van der Waals surface area contributed by atoms with E-state index in [4.69, 9.17) is 4.74 Å². The summed E-state index contributed by atoms with van der Waals surface area (Å²) in [6.45, 7) is 7.85. The summed E-state index contributed by atoms with van der Waals surface area (Å²) in [6.07, 6.45) is 0.995. The van der Waals surface area contributed by atoms with E-state index in [1.807, 2.05) is 13.1 Å². The molecule has 2 unspecified atom stereocenters. The van der Waals surface area contributed by atoms with Gasteiger partial charge in [-0.15, -0.1) is 0 Å². The number of morpholine rings is 1. The number of halogens is 1. The van der Waals surface area contributed by atoms with Crippen LogP contribution in [0.3, 0.4) is 0 Å². The Labute approximate surface area is 121 Å². The smallest absolute Gasteiger partial charge is 0.123 e. The van der Waals surface area contributed by atoms with Crippen LogP contribution in [-0.2, 0) is 4.74 Å². The number of likely N-dealkylation sites (N-methyl/N-ethyl adjacent to an activating group) is 1. The molecule has 1 heterocycles. The summed E-state index contributed by atoms with van der Waals surface area (Å²) < 4.78 is 19.0. The number of nitrogens with zero attached hydrogens (tertiary/aromatic N) is 1. The Kier molecular flexibility index (Phi) is 5.13. The summed E-state index contributed by atoms with van der Waals surface area (Å²) in [5.74, 6) is -0.178. The highest BCUT2D eigenvalue weighted by Crippen LogP contribution is 2.34. The first-order chi connectivity index (χ1) is 9.61. The van der Waals surface area contributed by atoms with Gasteiger partial charge in [-0.25, -0.2) is 4.39 Å². The van der Waals surface area contributed by atoms with Crippen molar-refractivity contribution in [3.63, 3.8) is 0 Å². The molecule has 20 heavy (non-hydrogen) atoms. The Morgan fingerprint density at radius 2 is 2.10 bits per heavy atom. The molecule has 3 nitrogen and oxygen atoms in total. The van der Waals surface area contributed by atoms with Crippen molar-refractivity contribution in [3.8, 4) is 0 Å². The van der Waals surface area contributed by atoms with E-state index in [9.17, 15) is 4.39 Å². The molecule has 0 saturated carbocycles. The normalized spacial score (nSPS) is 21.4. The van der Waals surface area contributed by atoms with E-state index in [0.29, 0.717) is 0 Å². The van der Waals surface area contributed by atoms with Gasteiger partial charge < -0.3 is 10.1 Å². The van der Waals surface area contributed by atoms with Crippen LogP contribution >= 0.6 is 0 Å². The van der Waals surface area contributed by atoms with Crippen molar-refractivity contribution in [1.82, 2.24) is 10.2 Å². The van der Waals surface area contributed by atoms with Crippen LogP contribution in [0.1, 0.15) is 31.9 Å². The summed E-state index contributed by atoms with van der Waals surface area (Å²) >= 11 is 0. The van der Waals surface area contributed by atoms with Gasteiger partial charge in [0.25, 0.3) is 0 Å². The molecule has 1 saturated heterocycles. The molecular weight excluding hydrogens is 255 g/mol. The minimum Gasteiger partial charge on any atom is -0.379 e. The molecule has 1 N–H and O–H groups in total. The van der Waals surface area contributed by atoms with Gasteiger partial charge in [0, 0.05) is 18.6 Å². The third-order valence-electron chi connectivity index (χ3n) is 4.54. The first kappa shape index (κ1) is 15.4. The molecule has 0 spiro atoms. The molecule has 1 aliphatic heterocycles. The molecule has 1 aliphatic rings. The Balaban J connectivity index is 2.30. The lowest BCUT2D eigenvalue weighted by atomic mass is 9.82. The molecule has 112 valence electrons. The predicted molar refractivity (Wildman–Crippen MR) is 79.3 cm³/mol. The molecule has 0 bridgehead atoms. The van der Waals surface area contributed by atoms with Crippen molar-refractivity contribution in [1.29, 1.82) is 0 Å². The quantitative estimate of drug-likeness (QED) is 0.897. The number of hydrogen-bond acceptors (Lipinski definition) is 3. The second-order valence-electron chi connectivity index (χ2n) is 5.59. The number of nitrogens with one attached hydrogen (secondary N) is 1. The Morgan fingerprint density at radius 3 is 2.65 bits per heavy atom. The molecular formula is C16H25FN2O. The fourth-order valence-corrected chi connectivity index (χ4v) is 3.21. The Morgan fingerprint density at radius 1 is 1.40 bits per heavy atom. The Bertz CT molecular complexity index is 434. The minimum atomic E-state index is -0.178. The van der Waals surface area contributed by atoms with Crippen LogP contribution in [0.5, 0.6) is 0 Å². The van der Waals surface area contributed by atoms with Gasteiger partial charge in [-0.05, 0) is 38.1 Å². The molecule has 0 amide bonds. The summed E-state index contributed by atoms with van der Waals surface area (Å²) in [4.78, 5) is 2.46. The average molecular weight is 280 g/mol. The molecule has 4 heteroatoms. The van der Waals surface area contributed by atoms with Crippen molar-refractivity contribution < 1.29 is 9.13 Å². The third kappa shape index (κ3) is 3.03. The first-order valence-electron chi connectivity index (χ1n) is 7.37. The minimum absolute atomic E-state index is 0.0493. The van der Waals surface area contributed by atoms with Crippen molar-refractivity contribution in [2.75, 3.05) is 33.4 Å². The van der Waals surface area contributed by atoms with Gasteiger partial charge in [-0.1, -0.05) is 19.1 Å². The maximum Gasteiger partial charge on any atom is 0.123 e. The lowest BCUT2D eigenvalue weighted by molar-refractivity contribution is -0.0319. The number of rotatable bonds is 5. The molecule has 2 atom stereocenters. The topological polar surface area (TPSA) is 24.5 Å². The highest BCUT2D eigenvalue weighted by Gasteiger charge is 2.39. The molecule has 0 radical (unpaired) electrons. The highest BCUT2D eigenvalue weighted by atomic mass is 19.1. The lowest BCUT2D eigenvalue weighted by Crippen LogP contribution is -2.57. The van der Waals surface area contributed by atoms with Gasteiger partial charge >= 0.3 is 0 Å². The third-order valence-corrected chi connectivity index (χ3v) is 4.54. The maximum atomic E-state index is 13.5. The zero-order valence-electron chi connectivity index (χ0n) is 12.7. The van der Waals surface area contributed by atoms with E-state index in [1.54, 1.807) is 12.1 Å². The second-order valence-corrected chi connectivity index (χ2v) is 5.59. The first-order valence-corrected chi connectivity index (χ1v) is 7.37. The number of benzene rings is 1. The molecule has 1 fully saturated rings. The second kappa shape index (κ2) is 6.66. The largest absolute Gasteiger partial charge is 0.379 e. The predicted octanol–water partition coefficient (Wildman–Crippen LogP) is 2.59. The fraction of sp³-hybridized carbons (Fsp3) is 0.625. The lowest BCUT2D eigenvalue weighted by Gasteiger charge is -2.48. The van der Waals surface area contributed by atoms with Crippen LogP contribution in [0.25, 0.3) is 0 Å². The van der Waals surface area contributed by atoms with Crippen LogP contribution in [0.15, 0.2) is 24.3 Å². The van der Waals surface area contributed by atoms with Gasteiger partial charge in [-0.2, -0.15) is 0 Å². The van der Waals surface area contributed by atoms with E-state index >= 15 is 0 Å². The molecule has 2 rings (SSSR count). The zero-order valence-corrected chi connectivity index (χ0v) is 12.7. The van der Waals surface area contributed by atoms with Gasteiger partial charge in [0.2, 0.25) is 0 Å². The number of ether oxygens (including phenoxy) is 1. The maximum absolute atomic E-state index is 13.5. The van der Waals surface area contributed by atoms with E-state index in [-0.39, 0.29) is 17.4 Å². The average Bonchev–Trinajstić information content (AvgIpc) is 2.48. The van der Waals surface area contributed by atoms with E-state index in [0.717, 1.165) is 38.3 Å². The molecule has 0 aliphatic carbocycles. The molecule has 1 aromatic rings. The molecule has 0 aromatic heterocycles. The van der Waals surface area contributed by atoms with Crippen LogP contribution < -0.4 is 5.32 Å². The van der Waals surface area contributed by atoms with E-state index in [2.05, 4.69) is 24.1 Å². The van der Waals surface area contributed by atoms with Crippen molar-refractivity contribution in [3.05, 3.63) is 35.6 Å². The number of hydrogen-bond donors (Lipinski definition) is 1. The van der Waals surface area contributed by atoms with E-state index < -0.39 is 0 Å². The van der Waals surface area contributed by atoms with Crippen molar-refractivity contribution >= 4 is 0 Å². The fourth-order valence-electron chi connectivity index (χ4n) is 3.21. The SMILES string of the molecule is CCC(C)(C(NC)c1cccc(F)c1)N1CCOCC1. The van der Waals surface area contributed by atoms with E-state index in [1.165, 1.54) is 6.07 Å². The highest BCUT2D eigenvalue weighted by molar-refractivity contribution is 5.24. The summed E-state index contributed by atoms with van der Waals surface area (Å²) in [7, 11) is 1.95. The standard InChI is InChI=1S/C16H25FN2O/c1-4-16(2,19-8-10-20-11-9-19)15(18-3)13-6-5-7-14(17)12-13/h5-7,12,15,18H,4,8-11H2,1-3H3. The zero-order chi connectivity index (χ0) is 14.6. The van der Waals surface area contributed by atoms with Crippen LogP contribution in [0.2, 0.25) is 0 Å². The molecule has 1 aromatic carbocycles. The van der Waals surface area contributed by atoms with Gasteiger partial charge in [0.05, 0.1) is 19.3 Å². The van der Waals surface area contributed by atoms with Gasteiger partial charge in [0.15, 0.2) is 0 Å². The van der Waals surface area contributed by atoms with Gasteiger partial charge in [0.1, 0.15) is 5.82 Å². The Hall–Kier alpha value is -0.970. The monoisotopic (exact) mass is 280 g/mol. The summed E-state index contributed by atoms with van der Waals surface area (Å²) in [5, 5.41) is 3.39. The van der Waals surface area contributed by atoms with Gasteiger partial charge in [-0.3, -0.25) is 4.90 Å². The van der Waals surface area contributed by atoms with Crippen molar-refractivity contribution in [2.24, 2.45) is 0 Å².